The number of hydrogen-bond acceptors (Lipinski definition) is 7. The smallest absolute Gasteiger partial charge is 0.406 e. The average molecular weight is 479 g/mol. The maximum absolute atomic E-state index is 12.3. The lowest BCUT2D eigenvalue weighted by atomic mass is 9.83. The van der Waals surface area contributed by atoms with Gasteiger partial charge in [-0.3, -0.25) is 0 Å². The van der Waals surface area contributed by atoms with E-state index in [2.05, 4.69) is 4.74 Å². The molecule has 5 N–H and O–H groups in total. The van der Waals surface area contributed by atoms with E-state index < -0.39 is 49.6 Å². The van der Waals surface area contributed by atoms with Gasteiger partial charge >= 0.3 is 6.36 Å². The third kappa shape index (κ3) is 5.18. The first kappa shape index (κ1) is 24.7. The summed E-state index contributed by atoms with van der Waals surface area (Å²) in [6.45, 7) is -1.62. The van der Waals surface area contributed by atoms with Crippen molar-refractivity contribution in [2.24, 2.45) is 0 Å². The third-order valence-electron chi connectivity index (χ3n) is 5.37. The van der Waals surface area contributed by atoms with Crippen LogP contribution < -0.4 is 4.74 Å². The molecular formula is C21H22ClF3O7. The summed E-state index contributed by atoms with van der Waals surface area (Å²) in [7, 11) is 0. The Morgan fingerprint density at radius 1 is 0.969 bits per heavy atom. The largest absolute Gasteiger partial charge is 0.573 e. The van der Waals surface area contributed by atoms with Crippen molar-refractivity contribution < 1.29 is 48.2 Å². The van der Waals surface area contributed by atoms with Gasteiger partial charge in [0.1, 0.15) is 35.8 Å². The first-order valence-corrected chi connectivity index (χ1v) is 9.94. The second-order valence-corrected chi connectivity index (χ2v) is 7.97. The highest BCUT2D eigenvalue weighted by atomic mass is 35.5. The fourth-order valence-electron chi connectivity index (χ4n) is 3.58. The Bertz CT molecular complexity index is 919. The quantitative estimate of drug-likeness (QED) is 0.429. The molecular weight excluding hydrogens is 457 g/mol. The fourth-order valence-corrected chi connectivity index (χ4v) is 3.77. The van der Waals surface area contributed by atoms with Crippen LogP contribution in [0.2, 0.25) is 5.02 Å². The standard InChI is InChI=1S/C21H22ClF3O7/c22-15-6-3-12(18-16(28)17(29)19(30)20(9-26,10-27)32-18)8-13(15)7-11-1-4-14(5-2-11)31-21(23,24)25/h1-6,8,16-19,26-30H,7,9-10H2/t16-,17-,18+,19+/m1/s1. The molecule has 11 heteroatoms. The average Bonchev–Trinajstić information content (AvgIpc) is 2.75. The first-order chi connectivity index (χ1) is 15.0. The highest BCUT2D eigenvalue weighted by Gasteiger charge is 2.53. The van der Waals surface area contributed by atoms with E-state index in [4.69, 9.17) is 16.3 Å². The van der Waals surface area contributed by atoms with Gasteiger partial charge in [0.05, 0.1) is 13.2 Å². The maximum atomic E-state index is 12.3. The predicted molar refractivity (Wildman–Crippen MR) is 106 cm³/mol. The van der Waals surface area contributed by atoms with Gasteiger partial charge in [-0.2, -0.15) is 0 Å². The van der Waals surface area contributed by atoms with Gasteiger partial charge in [-0.1, -0.05) is 35.9 Å². The van der Waals surface area contributed by atoms with E-state index in [0.29, 0.717) is 21.7 Å². The Labute approximate surface area is 186 Å². The third-order valence-corrected chi connectivity index (χ3v) is 5.74. The van der Waals surface area contributed by atoms with Gasteiger partial charge in [0, 0.05) is 5.02 Å². The zero-order valence-corrected chi connectivity index (χ0v) is 17.3. The predicted octanol–water partition coefficient (Wildman–Crippen LogP) is 1.71. The minimum Gasteiger partial charge on any atom is -0.406 e. The highest BCUT2D eigenvalue weighted by molar-refractivity contribution is 6.31. The second kappa shape index (κ2) is 9.52. The number of benzene rings is 2. The molecule has 7 nitrogen and oxygen atoms in total. The maximum Gasteiger partial charge on any atom is 0.573 e. The molecule has 3 rings (SSSR count). The summed E-state index contributed by atoms with van der Waals surface area (Å²) in [5.41, 5.74) is -0.369. The van der Waals surface area contributed by atoms with Gasteiger partial charge in [0.25, 0.3) is 0 Å². The van der Waals surface area contributed by atoms with Crippen LogP contribution >= 0.6 is 11.6 Å². The lowest BCUT2D eigenvalue weighted by Gasteiger charge is -2.47. The summed E-state index contributed by atoms with van der Waals surface area (Å²) in [5, 5.41) is 50.4. The summed E-state index contributed by atoms with van der Waals surface area (Å²) in [6, 6.07) is 9.83. The van der Waals surface area contributed by atoms with Gasteiger partial charge in [-0.15, -0.1) is 13.2 Å². The molecule has 1 saturated heterocycles. The second-order valence-electron chi connectivity index (χ2n) is 7.56. The van der Waals surface area contributed by atoms with Crippen LogP contribution in [-0.2, 0) is 11.2 Å². The molecule has 32 heavy (non-hydrogen) atoms. The summed E-state index contributed by atoms with van der Waals surface area (Å²) in [5.74, 6) is -0.364. The zero-order valence-electron chi connectivity index (χ0n) is 16.5. The van der Waals surface area contributed by atoms with Gasteiger partial charge < -0.3 is 35.0 Å². The number of aliphatic hydroxyl groups is 5. The Balaban J connectivity index is 1.85. The molecule has 4 atom stereocenters. The van der Waals surface area contributed by atoms with Crippen LogP contribution in [0.15, 0.2) is 42.5 Å². The monoisotopic (exact) mass is 478 g/mol. The Morgan fingerprint density at radius 3 is 2.16 bits per heavy atom. The van der Waals surface area contributed by atoms with Crippen molar-refractivity contribution in [1.29, 1.82) is 0 Å². The van der Waals surface area contributed by atoms with E-state index in [0.717, 1.165) is 0 Å². The molecule has 0 unspecified atom stereocenters. The van der Waals surface area contributed by atoms with Crippen LogP contribution in [0.1, 0.15) is 22.8 Å². The molecule has 1 aliphatic heterocycles. The molecule has 1 aliphatic rings. The summed E-state index contributed by atoms with van der Waals surface area (Å²) >= 11 is 6.26. The van der Waals surface area contributed by atoms with Crippen molar-refractivity contribution in [3.8, 4) is 5.75 Å². The lowest BCUT2D eigenvalue weighted by Crippen LogP contribution is -2.65. The molecule has 0 aromatic heterocycles. The molecule has 0 spiro atoms. The summed E-state index contributed by atoms with van der Waals surface area (Å²) in [4.78, 5) is 0. The number of halogens is 4. The molecule has 0 saturated carbocycles. The first-order valence-electron chi connectivity index (χ1n) is 9.56. The van der Waals surface area contributed by atoms with Gasteiger partial charge in [0.15, 0.2) is 0 Å². The molecule has 176 valence electrons. The SMILES string of the molecule is OCC1(CO)O[C@@H](c2ccc(Cl)c(Cc3ccc(OC(F)(F)F)cc3)c2)[C@H](O)[C@@H](O)[C@@H]1O. The molecule has 2 aromatic rings. The summed E-state index contributed by atoms with van der Waals surface area (Å²) < 4.78 is 46.4. The minimum absolute atomic E-state index is 0.220. The van der Waals surface area contributed by atoms with Crippen LogP contribution in [0.5, 0.6) is 5.75 Å². The highest BCUT2D eigenvalue weighted by Crippen LogP contribution is 2.39. The van der Waals surface area contributed by atoms with Gasteiger partial charge in [0.2, 0.25) is 0 Å². The number of hydrogen-bond donors (Lipinski definition) is 5. The zero-order chi connectivity index (χ0) is 23.7. The van der Waals surface area contributed by atoms with Crippen LogP contribution in [-0.4, -0.2) is 69.0 Å². The van der Waals surface area contributed by atoms with E-state index in [1.165, 1.54) is 36.4 Å². The number of alkyl halides is 3. The van der Waals surface area contributed by atoms with Crippen LogP contribution in [0.4, 0.5) is 13.2 Å². The molecule has 0 aliphatic carbocycles. The van der Waals surface area contributed by atoms with Crippen molar-refractivity contribution in [3.63, 3.8) is 0 Å². The lowest BCUT2D eigenvalue weighted by molar-refractivity contribution is -0.289. The van der Waals surface area contributed by atoms with E-state index in [-0.39, 0.29) is 12.2 Å². The molecule has 0 amide bonds. The molecule has 0 radical (unpaired) electrons. The van der Waals surface area contributed by atoms with Gasteiger partial charge in [-0.25, -0.2) is 0 Å². The van der Waals surface area contributed by atoms with Crippen molar-refractivity contribution in [1.82, 2.24) is 0 Å². The minimum atomic E-state index is -4.80. The van der Waals surface area contributed by atoms with Crippen LogP contribution in [0.3, 0.4) is 0 Å². The van der Waals surface area contributed by atoms with E-state index in [9.17, 15) is 38.7 Å². The number of ether oxygens (including phenoxy) is 2. The molecule has 0 bridgehead atoms. The van der Waals surface area contributed by atoms with Gasteiger partial charge in [-0.05, 0) is 41.3 Å². The Morgan fingerprint density at radius 2 is 1.59 bits per heavy atom. The van der Waals surface area contributed by atoms with E-state index >= 15 is 0 Å². The van der Waals surface area contributed by atoms with Crippen molar-refractivity contribution in [2.75, 3.05) is 13.2 Å². The number of rotatable bonds is 6. The van der Waals surface area contributed by atoms with E-state index in [1.807, 2.05) is 0 Å². The molecule has 1 heterocycles. The number of aliphatic hydroxyl groups excluding tert-OH is 5. The summed E-state index contributed by atoms with van der Waals surface area (Å²) in [6.07, 6.45) is -10.8. The van der Waals surface area contributed by atoms with Crippen molar-refractivity contribution in [3.05, 3.63) is 64.2 Å². The fraction of sp³-hybridized carbons (Fsp3) is 0.429. The molecule has 2 aromatic carbocycles. The molecule has 1 fully saturated rings. The topological polar surface area (TPSA) is 120 Å². The van der Waals surface area contributed by atoms with Crippen LogP contribution in [0, 0.1) is 0 Å². The Hall–Kier alpha value is -1.92. The van der Waals surface area contributed by atoms with Crippen molar-refractivity contribution >= 4 is 11.6 Å². The Kier molecular flexibility index (Phi) is 7.35. The van der Waals surface area contributed by atoms with E-state index in [1.54, 1.807) is 6.07 Å². The van der Waals surface area contributed by atoms with Crippen molar-refractivity contribution in [2.45, 2.75) is 42.8 Å². The normalized spacial score (nSPS) is 25.5. The van der Waals surface area contributed by atoms with Crippen LogP contribution in [0.25, 0.3) is 0 Å².